The minimum Gasteiger partial charge on any atom is -0.258 e. The number of hydrogen-bond donors (Lipinski definition) is 0. The molecule has 31 heavy (non-hydrogen) atoms. The molecule has 1 unspecified atom stereocenters. The second kappa shape index (κ2) is 11.9. The molecule has 0 aliphatic heterocycles. The van der Waals surface area contributed by atoms with E-state index in [0.717, 1.165) is 32.5 Å². The lowest BCUT2D eigenvalue weighted by Gasteiger charge is -2.31. The van der Waals surface area contributed by atoms with Gasteiger partial charge in [0.2, 0.25) is 0 Å². The highest BCUT2D eigenvalue weighted by atomic mass is 35.5. The standard InChI is InChI=1S/C18H17NOS2.C5H6ClNS.ClH/c1-14-19-17(13-21-14)18(22(2)20,15-9-5-3-6-10-15)16-11-7-4-8-12-16;1-4-7-5(2-6)3-8-4;/h3-13H,1-2H3;3H,2H2,1H3;1H. The Labute approximate surface area is 205 Å². The zero-order valence-electron chi connectivity index (χ0n) is 17.4. The molecule has 0 radical (unpaired) electrons. The van der Waals surface area contributed by atoms with Crippen molar-refractivity contribution in [1.82, 2.24) is 9.97 Å². The molecule has 3 nitrogen and oxygen atoms in total. The normalized spacial score (nSPS) is 11.7. The van der Waals surface area contributed by atoms with Crippen LogP contribution in [0.1, 0.15) is 32.5 Å². The van der Waals surface area contributed by atoms with E-state index in [2.05, 4.69) is 9.97 Å². The van der Waals surface area contributed by atoms with Gasteiger partial charge in [-0.3, -0.25) is 4.21 Å². The number of aryl methyl sites for hydroxylation is 2. The van der Waals surface area contributed by atoms with Crippen molar-refractivity contribution in [3.05, 3.63) is 104 Å². The van der Waals surface area contributed by atoms with E-state index in [-0.39, 0.29) is 12.4 Å². The van der Waals surface area contributed by atoms with Crippen LogP contribution in [0.5, 0.6) is 0 Å². The Morgan fingerprint density at radius 3 is 1.68 bits per heavy atom. The molecular formula is C23H24Cl2N2OS3. The van der Waals surface area contributed by atoms with Gasteiger partial charge in [-0.1, -0.05) is 60.7 Å². The van der Waals surface area contributed by atoms with Gasteiger partial charge in [-0.15, -0.1) is 46.7 Å². The molecule has 0 saturated carbocycles. The van der Waals surface area contributed by atoms with E-state index in [0.29, 0.717) is 5.88 Å². The average Bonchev–Trinajstić information content (AvgIpc) is 3.39. The Kier molecular flexibility index (Phi) is 9.85. The van der Waals surface area contributed by atoms with Gasteiger partial charge in [0.25, 0.3) is 0 Å². The summed E-state index contributed by atoms with van der Waals surface area (Å²) in [6, 6.07) is 20.0. The molecule has 2 heterocycles. The highest BCUT2D eigenvalue weighted by Crippen LogP contribution is 2.41. The van der Waals surface area contributed by atoms with Crippen LogP contribution in [0.25, 0.3) is 0 Å². The van der Waals surface area contributed by atoms with Crippen LogP contribution in [0.4, 0.5) is 0 Å². The van der Waals surface area contributed by atoms with Gasteiger partial charge in [0.05, 0.1) is 27.3 Å². The summed E-state index contributed by atoms with van der Waals surface area (Å²) in [6.45, 7) is 3.95. The van der Waals surface area contributed by atoms with Gasteiger partial charge in [-0.2, -0.15) is 0 Å². The molecule has 2 aromatic carbocycles. The summed E-state index contributed by atoms with van der Waals surface area (Å²) in [7, 11) is -1.16. The van der Waals surface area contributed by atoms with Crippen molar-refractivity contribution in [1.29, 1.82) is 0 Å². The van der Waals surface area contributed by atoms with Crippen molar-refractivity contribution < 1.29 is 4.21 Å². The number of halogens is 2. The number of aromatic nitrogens is 2. The van der Waals surface area contributed by atoms with Gasteiger partial charge in [-0.25, -0.2) is 9.97 Å². The second-order valence-corrected chi connectivity index (χ2v) is 10.5. The van der Waals surface area contributed by atoms with E-state index in [1.807, 2.05) is 85.3 Å². The number of nitrogens with zero attached hydrogens (tertiary/aromatic N) is 2. The van der Waals surface area contributed by atoms with E-state index in [9.17, 15) is 4.21 Å². The summed E-state index contributed by atoms with van der Waals surface area (Å²) >= 11 is 8.71. The van der Waals surface area contributed by atoms with Crippen LogP contribution < -0.4 is 0 Å². The molecule has 0 spiro atoms. The molecule has 0 N–H and O–H groups in total. The highest BCUT2D eigenvalue weighted by Gasteiger charge is 2.42. The molecule has 0 aliphatic carbocycles. The van der Waals surface area contributed by atoms with Gasteiger partial charge in [0.1, 0.15) is 4.75 Å². The predicted octanol–water partition coefficient (Wildman–Crippen LogP) is 6.73. The Bertz CT molecular complexity index is 1060. The molecule has 0 saturated heterocycles. The van der Waals surface area contributed by atoms with Gasteiger partial charge < -0.3 is 0 Å². The molecule has 4 aromatic rings. The van der Waals surface area contributed by atoms with E-state index in [1.165, 1.54) is 0 Å². The molecule has 0 aliphatic rings. The van der Waals surface area contributed by atoms with Crippen LogP contribution >= 0.6 is 46.7 Å². The maximum atomic E-state index is 13.0. The van der Waals surface area contributed by atoms with E-state index < -0.39 is 15.5 Å². The van der Waals surface area contributed by atoms with Gasteiger partial charge >= 0.3 is 0 Å². The van der Waals surface area contributed by atoms with E-state index in [1.54, 1.807) is 28.9 Å². The fourth-order valence-corrected chi connectivity index (χ4v) is 6.20. The van der Waals surface area contributed by atoms with Gasteiger partial charge in [0.15, 0.2) is 0 Å². The lowest BCUT2D eigenvalue weighted by atomic mass is 9.88. The molecule has 0 fully saturated rings. The Balaban J connectivity index is 0.000000322. The smallest absolute Gasteiger partial charge is 0.138 e. The minimum atomic E-state index is -1.16. The van der Waals surface area contributed by atoms with Crippen LogP contribution in [-0.4, -0.2) is 20.4 Å². The van der Waals surface area contributed by atoms with Crippen molar-refractivity contribution in [2.75, 3.05) is 6.26 Å². The molecule has 8 heteroatoms. The predicted molar refractivity (Wildman–Crippen MR) is 137 cm³/mol. The Hall–Kier alpha value is -1.57. The van der Waals surface area contributed by atoms with Crippen LogP contribution in [0.15, 0.2) is 71.4 Å². The highest BCUT2D eigenvalue weighted by molar-refractivity contribution is 7.85. The molecule has 2 aromatic heterocycles. The van der Waals surface area contributed by atoms with Crippen LogP contribution in [-0.2, 0) is 21.4 Å². The molecule has 164 valence electrons. The Morgan fingerprint density at radius 2 is 1.35 bits per heavy atom. The number of rotatable bonds is 5. The first-order valence-electron chi connectivity index (χ1n) is 9.32. The van der Waals surface area contributed by atoms with Crippen molar-refractivity contribution in [3.8, 4) is 0 Å². The summed E-state index contributed by atoms with van der Waals surface area (Å²) in [4.78, 5) is 8.80. The number of hydrogen-bond acceptors (Lipinski definition) is 5. The van der Waals surface area contributed by atoms with E-state index >= 15 is 0 Å². The van der Waals surface area contributed by atoms with Crippen molar-refractivity contribution in [3.63, 3.8) is 0 Å². The lowest BCUT2D eigenvalue weighted by molar-refractivity contribution is 0.665. The van der Waals surface area contributed by atoms with Crippen molar-refractivity contribution in [2.45, 2.75) is 24.5 Å². The SMILES string of the molecule is Cc1nc(C(c2ccccc2)(c2ccccc2)S(C)=O)cs1.Cc1nc(CCl)cs1.Cl. The molecule has 4 rings (SSSR count). The summed E-state index contributed by atoms with van der Waals surface area (Å²) < 4.78 is 12.2. The first-order chi connectivity index (χ1) is 14.5. The maximum Gasteiger partial charge on any atom is 0.138 e. The molecule has 0 amide bonds. The third-order valence-corrected chi connectivity index (χ3v) is 7.99. The molecule has 1 atom stereocenters. The van der Waals surface area contributed by atoms with Crippen molar-refractivity contribution in [2.24, 2.45) is 0 Å². The quantitative estimate of drug-likeness (QED) is 0.279. The lowest BCUT2D eigenvalue weighted by Crippen LogP contribution is -2.34. The summed E-state index contributed by atoms with van der Waals surface area (Å²) in [5, 5.41) is 6.07. The van der Waals surface area contributed by atoms with Crippen LogP contribution in [0.2, 0.25) is 0 Å². The molecule has 0 bridgehead atoms. The second-order valence-electron chi connectivity index (χ2n) is 6.61. The first-order valence-corrected chi connectivity index (χ1v) is 13.2. The number of alkyl halides is 1. The number of thiazole rings is 2. The van der Waals surface area contributed by atoms with Gasteiger partial charge in [-0.05, 0) is 25.0 Å². The first kappa shape index (κ1) is 25.7. The zero-order chi connectivity index (χ0) is 21.6. The van der Waals surface area contributed by atoms with Crippen molar-refractivity contribution >= 4 is 57.5 Å². The fraction of sp³-hybridized carbons (Fsp3) is 0.217. The summed E-state index contributed by atoms with van der Waals surface area (Å²) in [5.74, 6) is 0.532. The van der Waals surface area contributed by atoms with Crippen LogP contribution in [0, 0.1) is 13.8 Å². The summed E-state index contributed by atoms with van der Waals surface area (Å²) in [6.07, 6.45) is 1.76. The van der Waals surface area contributed by atoms with Crippen LogP contribution in [0.3, 0.4) is 0 Å². The third-order valence-electron chi connectivity index (χ3n) is 4.58. The largest absolute Gasteiger partial charge is 0.258 e. The maximum absolute atomic E-state index is 13.0. The van der Waals surface area contributed by atoms with Gasteiger partial charge in [0, 0.05) is 27.8 Å². The minimum absolute atomic E-state index is 0. The number of benzene rings is 2. The van der Waals surface area contributed by atoms with E-state index in [4.69, 9.17) is 11.6 Å². The third kappa shape index (κ3) is 5.82. The molecular weight excluding hydrogens is 487 g/mol. The summed E-state index contributed by atoms with van der Waals surface area (Å²) in [5.41, 5.74) is 3.85. The zero-order valence-corrected chi connectivity index (χ0v) is 21.5. The topological polar surface area (TPSA) is 42.9 Å². The fourth-order valence-electron chi connectivity index (χ4n) is 3.28. The monoisotopic (exact) mass is 510 g/mol. The Morgan fingerprint density at radius 1 is 0.871 bits per heavy atom. The average molecular weight is 512 g/mol.